The van der Waals surface area contributed by atoms with E-state index in [2.05, 4.69) is 9.97 Å². The number of carbonyl (C=O) groups excluding carboxylic acids is 1. The van der Waals surface area contributed by atoms with Crippen molar-refractivity contribution in [3.8, 4) is 5.88 Å². The van der Waals surface area contributed by atoms with Crippen LogP contribution < -0.4 is 15.2 Å². The Hall–Kier alpha value is -2.74. The minimum Gasteiger partial charge on any atom is -0.474 e. The maximum Gasteiger partial charge on any atom is 0.262 e. The zero-order valence-electron chi connectivity index (χ0n) is 12.9. The molecule has 0 atom stereocenters. The molecule has 0 unspecified atom stereocenters. The Balaban J connectivity index is 1.65. The number of carbonyl (C=O) groups is 1. The first-order chi connectivity index (χ1) is 11.6. The van der Waals surface area contributed by atoms with Crippen molar-refractivity contribution in [2.45, 2.75) is 13.5 Å². The van der Waals surface area contributed by atoms with Gasteiger partial charge in [-0.3, -0.25) is 14.2 Å². The van der Waals surface area contributed by atoms with E-state index in [1.54, 1.807) is 11.0 Å². The van der Waals surface area contributed by atoms with Gasteiger partial charge in [-0.15, -0.1) is 11.3 Å². The molecule has 7 nitrogen and oxygen atoms in total. The molecule has 0 radical (unpaired) electrons. The quantitative estimate of drug-likeness (QED) is 0.707. The van der Waals surface area contributed by atoms with E-state index >= 15 is 0 Å². The van der Waals surface area contributed by atoms with E-state index in [-0.39, 0.29) is 18.0 Å². The number of rotatable bonds is 2. The lowest BCUT2D eigenvalue weighted by Crippen LogP contribution is -2.41. The van der Waals surface area contributed by atoms with E-state index < -0.39 is 0 Å². The van der Waals surface area contributed by atoms with Crippen molar-refractivity contribution in [1.82, 2.24) is 14.5 Å². The van der Waals surface area contributed by atoms with Gasteiger partial charge in [-0.2, -0.15) is 0 Å². The molecule has 1 amide bonds. The lowest BCUT2D eigenvalue weighted by atomic mass is 10.2. The van der Waals surface area contributed by atoms with Crippen LogP contribution in [0.15, 0.2) is 34.7 Å². The normalized spacial score (nSPS) is 13.6. The topological polar surface area (TPSA) is 77.3 Å². The van der Waals surface area contributed by atoms with Crippen molar-refractivity contribution >= 4 is 33.1 Å². The Kier molecular flexibility index (Phi) is 3.53. The monoisotopic (exact) mass is 342 g/mol. The Morgan fingerprint density at radius 3 is 3.12 bits per heavy atom. The van der Waals surface area contributed by atoms with Gasteiger partial charge in [0.2, 0.25) is 11.8 Å². The van der Waals surface area contributed by atoms with Crippen LogP contribution in [-0.4, -0.2) is 33.6 Å². The summed E-state index contributed by atoms with van der Waals surface area (Å²) >= 11 is 1.40. The average Bonchev–Trinajstić information content (AvgIpc) is 3.06. The van der Waals surface area contributed by atoms with E-state index in [0.717, 1.165) is 5.69 Å². The van der Waals surface area contributed by atoms with Crippen molar-refractivity contribution in [3.63, 3.8) is 0 Å². The molecule has 122 valence electrons. The number of hydrogen-bond donors (Lipinski definition) is 0. The van der Waals surface area contributed by atoms with Gasteiger partial charge < -0.3 is 9.64 Å². The lowest BCUT2D eigenvalue weighted by Gasteiger charge is -2.29. The first-order valence-electron chi connectivity index (χ1n) is 7.47. The lowest BCUT2D eigenvalue weighted by molar-refractivity contribution is -0.119. The molecule has 4 rings (SSSR count). The van der Waals surface area contributed by atoms with Crippen LogP contribution in [0, 0.1) is 6.92 Å². The summed E-state index contributed by atoms with van der Waals surface area (Å²) < 4.78 is 6.86. The van der Waals surface area contributed by atoms with Crippen LogP contribution in [0.3, 0.4) is 0 Å². The summed E-state index contributed by atoms with van der Waals surface area (Å²) in [6, 6.07) is 5.38. The van der Waals surface area contributed by atoms with Crippen LogP contribution >= 0.6 is 11.3 Å². The molecule has 24 heavy (non-hydrogen) atoms. The highest BCUT2D eigenvalue weighted by atomic mass is 32.1. The number of fused-ring (bicyclic) bond motifs is 2. The molecule has 0 bridgehead atoms. The highest BCUT2D eigenvalue weighted by molar-refractivity contribution is 7.16. The molecule has 1 aliphatic rings. The SMILES string of the molecule is Cc1ccc2c(n1)OCCN2C(=O)Cn1cnc2sccc2c1=O. The summed E-state index contributed by atoms with van der Waals surface area (Å²) in [4.78, 5) is 35.9. The summed E-state index contributed by atoms with van der Waals surface area (Å²) in [6.45, 7) is 2.61. The second-order valence-electron chi connectivity index (χ2n) is 5.49. The number of aryl methyl sites for hydroxylation is 1. The fraction of sp³-hybridized carbons (Fsp3) is 0.250. The maximum atomic E-state index is 12.7. The third-order valence-electron chi connectivity index (χ3n) is 3.88. The molecule has 3 aromatic heterocycles. The number of pyridine rings is 1. The maximum absolute atomic E-state index is 12.7. The van der Waals surface area contributed by atoms with E-state index in [1.165, 1.54) is 22.2 Å². The van der Waals surface area contributed by atoms with E-state index in [9.17, 15) is 9.59 Å². The number of anilines is 1. The summed E-state index contributed by atoms with van der Waals surface area (Å²) in [5, 5.41) is 2.35. The van der Waals surface area contributed by atoms with Gasteiger partial charge in [0, 0.05) is 5.69 Å². The van der Waals surface area contributed by atoms with E-state index in [0.29, 0.717) is 34.9 Å². The van der Waals surface area contributed by atoms with Crippen LogP contribution in [0.25, 0.3) is 10.2 Å². The van der Waals surface area contributed by atoms with Gasteiger partial charge in [0.25, 0.3) is 5.56 Å². The highest BCUT2D eigenvalue weighted by Gasteiger charge is 2.25. The summed E-state index contributed by atoms with van der Waals surface area (Å²) in [5.41, 5.74) is 1.26. The van der Waals surface area contributed by atoms with Crippen LogP contribution in [0.2, 0.25) is 0 Å². The molecular formula is C16H14N4O3S. The van der Waals surface area contributed by atoms with Crippen molar-refractivity contribution in [2.24, 2.45) is 0 Å². The molecule has 0 N–H and O–H groups in total. The molecule has 0 fully saturated rings. The van der Waals surface area contributed by atoms with Gasteiger partial charge in [-0.25, -0.2) is 9.97 Å². The van der Waals surface area contributed by atoms with Gasteiger partial charge in [0.15, 0.2) is 0 Å². The molecular weight excluding hydrogens is 328 g/mol. The number of ether oxygens (including phenoxy) is 1. The minimum atomic E-state index is -0.204. The number of aromatic nitrogens is 3. The molecule has 0 aliphatic carbocycles. The first-order valence-corrected chi connectivity index (χ1v) is 8.35. The van der Waals surface area contributed by atoms with Crippen LogP contribution in [0.4, 0.5) is 5.69 Å². The van der Waals surface area contributed by atoms with E-state index in [4.69, 9.17) is 4.74 Å². The molecule has 0 spiro atoms. The number of nitrogens with zero attached hydrogens (tertiary/aromatic N) is 4. The predicted octanol–water partition coefficient (Wildman–Crippen LogP) is 1.59. The van der Waals surface area contributed by atoms with Gasteiger partial charge in [-0.05, 0) is 30.5 Å². The molecule has 0 saturated heterocycles. The van der Waals surface area contributed by atoms with E-state index in [1.807, 2.05) is 24.4 Å². The van der Waals surface area contributed by atoms with Gasteiger partial charge >= 0.3 is 0 Å². The van der Waals surface area contributed by atoms with Crippen molar-refractivity contribution in [2.75, 3.05) is 18.1 Å². The number of hydrogen-bond acceptors (Lipinski definition) is 6. The molecule has 8 heteroatoms. The molecule has 0 saturated carbocycles. The van der Waals surface area contributed by atoms with Gasteiger partial charge in [-0.1, -0.05) is 0 Å². The summed E-state index contributed by atoms with van der Waals surface area (Å²) in [7, 11) is 0. The van der Waals surface area contributed by atoms with Gasteiger partial charge in [0.05, 0.1) is 18.3 Å². The van der Waals surface area contributed by atoms with Crippen molar-refractivity contribution in [3.05, 3.63) is 46.0 Å². The van der Waals surface area contributed by atoms with Crippen molar-refractivity contribution < 1.29 is 9.53 Å². The van der Waals surface area contributed by atoms with Crippen LogP contribution in [-0.2, 0) is 11.3 Å². The van der Waals surface area contributed by atoms with Crippen LogP contribution in [0.5, 0.6) is 5.88 Å². The Morgan fingerprint density at radius 1 is 1.38 bits per heavy atom. The second kappa shape index (κ2) is 5.72. The second-order valence-corrected chi connectivity index (χ2v) is 6.38. The zero-order valence-corrected chi connectivity index (χ0v) is 13.7. The Bertz CT molecular complexity index is 994. The standard InChI is InChI=1S/C16H14N4O3S/c1-10-2-3-12-14(18-10)23-6-5-20(12)13(21)8-19-9-17-15-11(16(19)22)4-7-24-15/h2-4,7,9H,5-6,8H2,1H3. The first kappa shape index (κ1) is 14.8. The largest absolute Gasteiger partial charge is 0.474 e. The molecule has 4 heterocycles. The third-order valence-corrected chi connectivity index (χ3v) is 4.70. The zero-order chi connectivity index (χ0) is 16.7. The molecule has 0 aromatic carbocycles. The van der Waals surface area contributed by atoms with Crippen LogP contribution in [0.1, 0.15) is 5.69 Å². The minimum absolute atomic E-state index is 0.0645. The Morgan fingerprint density at radius 2 is 2.25 bits per heavy atom. The van der Waals surface area contributed by atoms with Gasteiger partial charge in [0.1, 0.15) is 23.7 Å². The fourth-order valence-electron chi connectivity index (χ4n) is 2.69. The highest BCUT2D eigenvalue weighted by Crippen LogP contribution is 2.29. The summed E-state index contributed by atoms with van der Waals surface area (Å²) in [6.07, 6.45) is 1.42. The predicted molar refractivity (Wildman–Crippen MR) is 90.7 cm³/mol. The average molecular weight is 342 g/mol. The van der Waals surface area contributed by atoms with Crippen molar-refractivity contribution in [1.29, 1.82) is 0 Å². The smallest absolute Gasteiger partial charge is 0.262 e. The fourth-order valence-corrected chi connectivity index (χ4v) is 3.41. The number of amides is 1. The summed E-state index contributed by atoms with van der Waals surface area (Å²) in [5.74, 6) is 0.261. The third kappa shape index (κ3) is 2.44. The number of thiophene rings is 1. The molecule has 3 aromatic rings. The molecule has 1 aliphatic heterocycles. The Labute approximate surface area is 141 Å².